The van der Waals surface area contributed by atoms with Crippen molar-refractivity contribution in [2.75, 3.05) is 0 Å². The number of hydrogen-bond donors (Lipinski definition) is 0. The normalized spacial score (nSPS) is 11.0. The van der Waals surface area contributed by atoms with Crippen molar-refractivity contribution in [1.82, 2.24) is 4.98 Å². The van der Waals surface area contributed by atoms with Crippen LogP contribution >= 0.6 is 0 Å². The number of aryl methyl sites for hydroxylation is 2. The van der Waals surface area contributed by atoms with E-state index in [1.807, 2.05) is 50.2 Å². The van der Waals surface area contributed by atoms with Crippen molar-refractivity contribution in [3.63, 3.8) is 0 Å². The van der Waals surface area contributed by atoms with Crippen molar-refractivity contribution in [3.05, 3.63) is 87.4 Å². The van der Waals surface area contributed by atoms with E-state index in [0.717, 1.165) is 27.5 Å². The van der Waals surface area contributed by atoms with Crippen LogP contribution < -0.4 is 5.63 Å². The molecule has 5 heteroatoms. The molecular formula is C22H17NO4. The highest BCUT2D eigenvalue weighted by Crippen LogP contribution is 2.22. The molecule has 0 radical (unpaired) electrons. The third kappa shape index (κ3) is 3.31. The molecule has 0 fully saturated rings. The molecule has 0 aliphatic carbocycles. The van der Waals surface area contributed by atoms with E-state index in [4.69, 9.17) is 9.15 Å². The number of carbonyl (C=O) groups excluding carboxylic acids is 1. The van der Waals surface area contributed by atoms with Crippen LogP contribution in [0.3, 0.4) is 0 Å². The maximum Gasteiger partial charge on any atom is 0.339 e. The minimum absolute atomic E-state index is 0.0142. The van der Waals surface area contributed by atoms with Gasteiger partial charge in [0.1, 0.15) is 12.2 Å². The Morgan fingerprint density at radius 1 is 1.04 bits per heavy atom. The zero-order valence-electron chi connectivity index (χ0n) is 15.0. The summed E-state index contributed by atoms with van der Waals surface area (Å²) < 4.78 is 10.8. The topological polar surface area (TPSA) is 69.4 Å². The molecule has 0 atom stereocenters. The van der Waals surface area contributed by atoms with Crippen LogP contribution in [0.1, 0.15) is 27.2 Å². The van der Waals surface area contributed by atoms with Gasteiger partial charge in [0.05, 0.1) is 11.1 Å². The summed E-state index contributed by atoms with van der Waals surface area (Å²) in [5.74, 6) is -0.454. The van der Waals surface area contributed by atoms with Gasteiger partial charge in [-0.05, 0) is 37.6 Å². The summed E-state index contributed by atoms with van der Waals surface area (Å²) in [5.41, 5.74) is 3.56. The van der Waals surface area contributed by atoms with Crippen LogP contribution in [0.2, 0.25) is 0 Å². The van der Waals surface area contributed by atoms with Gasteiger partial charge in [0.2, 0.25) is 0 Å². The predicted octanol–water partition coefficient (Wildman–Crippen LogP) is 4.32. The van der Waals surface area contributed by atoms with Gasteiger partial charge in [0.15, 0.2) is 0 Å². The molecule has 5 nitrogen and oxygen atoms in total. The molecule has 0 aliphatic heterocycles. The average Bonchev–Trinajstić information content (AvgIpc) is 2.64. The Kier molecular flexibility index (Phi) is 4.20. The van der Waals surface area contributed by atoms with Crippen molar-refractivity contribution in [2.45, 2.75) is 20.5 Å². The van der Waals surface area contributed by atoms with Gasteiger partial charge >= 0.3 is 11.6 Å². The van der Waals surface area contributed by atoms with Gasteiger partial charge in [-0.2, -0.15) is 0 Å². The molecule has 0 spiro atoms. The molecule has 0 saturated carbocycles. The van der Waals surface area contributed by atoms with E-state index in [2.05, 4.69) is 4.98 Å². The molecule has 0 N–H and O–H groups in total. The van der Waals surface area contributed by atoms with Crippen LogP contribution in [0.4, 0.5) is 0 Å². The summed E-state index contributed by atoms with van der Waals surface area (Å²) in [6.07, 6.45) is 0. The SMILES string of the molecule is Cc1ccc2c(COC(=O)c3cc(C)nc4ccccc34)cc(=O)oc2c1. The standard InChI is InChI=1S/C22H17NO4/c1-13-7-8-16-15(11-21(24)27-20(16)9-13)12-26-22(25)18-10-14(2)23-19-6-4-3-5-17(18)19/h3-11H,12H2,1-2H3. The maximum absolute atomic E-state index is 12.7. The molecule has 0 saturated heterocycles. The lowest BCUT2D eigenvalue weighted by Gasteiger charge is -2.10. The first-order valence-electron chi connectivity index (χ1n) is 8.58. The molecule has 0 bridgehead atoms. The number of pyridine rings is 1. The monoisotopic (exact) mass is 359 g/mol. The molecule has 0 aliphatic rings. The van der Waals surface area contributed by atoms with Crippen molar-refractivity contribution in [1.29, 1.82) is 0 Å². The number of benzene rings is 2. The van der Waals surface area contributed by atoms with Gasteiger partial charge in [-0.25, -0.2) is 9.59 Å². The largest absolute Gasteiger partial charge is 0.457 e. The Hall–Kier alpha value is -3.47. The van der Waals surface area contributed by atoms with Crippen LogP contribution in [-0.2, 0) is 11.3 Å². The van der Waals surface area contributed by atoms with Crippen molar-refractivity contribution < 1.29 is 13.9 Å². The van der Waals surface area contributed by atoms with E-state index in [0.29, 0.717) is 16.7 Å². The zero-order chi connectivity index (χ0) is 19.0. The minimum atomic E-state index is -0.468. The third-order valence-electron chi connectivity index (χ3n) is 4.41. The number of esters is 1. The molecule has 0 amide bonds. The number of fused-ring (bicyclic) bond motifs is 2. The van der Waals surface area contributed by atoms with E-state index in [1.165, 1.54) is 6.07 Å². The first-order chi connectivity index (χ1) is 13.0. The number of para-hydroxylation sites is 1. The lowest BCUT2D eigenvalue weighted by Crippen LogP contribution is -2.09. The van der Waals surface area contributed by atoms with Crippen molar-refractivity contribution in [3.8, 4) is 0 Å². The summed E-state index contributed by atoms with van der Waals surface area (Å²) in [5, 5.41) is 1.49. The highest BCUT2D eigenvalue weighted by Gasteiger charge is 2.15. The van der Waals surface area contributed by atoms with Gasteiger partial charge in [-0.15, -0.1) is 0 Å². The summed E-state index contributed by atoms with van der Waals surface area (Å²) in [6.45, 7) is 3.74. The lowest BCUT2D eigenvalue weighted by atomic mass is 10.1. The second-order valence-corrected chi connectivity index (χ2v) is 6.49. The van der Waals surface area contributed by atoms with Crippen LogP contribution in [0.15, 0.2) is 63.8 Å². The highest BCUT2D eigenvalue weighted by molar-refractivity contribution is 6.03. The van der Waals surface area contributed by atoms with Crippen LogP contribution in [-0.4, -0.2) is 11.0 Å². The van der Waals surface area contributed by atoms with E-state index < -0.39 is 11.6 Å². The first-order valence-corrected chi connectivity index (χ1v) is 8.58. The fraction of sp³-hybridized carbons (Fsp3) is 0.136. The first kappa shape index (κ1) is 17.0. The second-order valence-electron chi connectivity index (χ2n) is 6.49. The van der Waals surface area contributed by atoms with Crippen molar-refractivity contribution in [2.24, 2.45) is 0 Å². The Labute approximate surface area is 155 Å². The maximum atomic E-state index is 12.7. The van der Waals surface area contributed by atoms with E-state index in [9.17, 15) is 9.59 Å². The lowest BCUT2D eigenvalue weighted by molar-refractivity contribution is 0.0476. The van der Waals surface area contributed by atoms with Crippen LogP contribution in [0, 0.1) is 13.8 Å². The third-order valence-corrected chi connectivity index (χ3v) is 4.41. The number of ether oxygens (including phenoxy) is 1. The van der Waals surface area contributed by atoms with E-state index in [-0.39, 0.29) is 6.61 Å². The van der Waals surface area contributed by atoms with Crippen LogP contribution in [0.5, 0.6) is 0 Å². The molecule has 2 aromatic carbocycles. The number of nitrogens with zero attached hydrogens (tertiary/aromatic N) is 1. The quantitative estimate of drug-likeness (QED) is 0.403. The smallest absolute Gasteiger partial charge is 0.339 e. The Morgan fingerprint density at radius 3 is 2.70 bits per heavy atom. The molecule has 4 rings (SSSR count). The van der Waals surface area contributed by atoms with Gasteiger partial charge < -0.3 is 9.15 Å². The zero-order valence-corrected chi connectivity index (χ0v) is 15.0. The van der Waals surface area contributed by atoms with Gasteiger partial charge in [-0.3, -0.25) is 4.98 Å². The molecule has 2 aromatic heterocycles. The number of hydrogen-bond acceptors (Lipinski definition) is 5. The second kappa shape index (κ2) is 6.68. The molecular weight excluding hydrogens is 342 g/mol. The van der Waals surface area contributed by atoms with Gasteiger partial charge in [-0.1, -0.05) is 30.3 Å². The summed E-state index contributed by atoms with van der Waals surface area (Å²) in [4.78, 5) is 29.0. The molecule has 134 valence electrons. The van der Waals surface area contributed by atoms with Crippen molar-refractivity contribution >= 4 is 27.8 Å². The van der Waals surface area contributed by atoms with E-state index >= 15 is 0 Å². The number of carbonyl (C=O) groups is 1. The Balaban J connectivity index is 1.68. The summed E-state index contributed by atoms with van der Waals surface area (Å²) in [7, 11) is 0. The van der Waals surface area contributed by atoms with Crippen LogP contribution in [0.25, 0.3) is 21.9 Å². The molecule has 2 heterocycles. The molecule has 4 aromatic rings. The highest BCUT2D eigenvalue weighted by atomic mass is 16.5. The molecule has 0 unspecified atom stereocenters. The average molecular weight is 359 g/mol. The predicted molar refractivity (Wildman–Crippen MR) is 103 cm³/mol. The molecule has 27 heavy (non-hydrogen) atoms. The number of aromatic nitrogens is 1. The van der Waals surface area contributed by atoms with Gasteiger partial charge in [0, 0.05) is 28.1 Å². The van der Waals surface area contributed by atoms with Gasteiger partial charge in [0.25, 0.3) is 0 Å². The fourth-order valence-corrected chi connectivity index (χ4v) is 3.15. The summed E-state index contributed by atoms with van der Waals surface area (Å²) in [6, 6.07) is 16.1. The summed E-state index contributed by atoms with van der Waals surface area (Å²) >= 11 is 0. The Morgan fingerprint density at radius 2 is 1.85 bits per heavy atom. The fourth-order valence-electron chi connectivity index (χ4n) is 3.15. The number of rotatable bonds is 3. The minimum Gasteiger partial charge on any atom is -0.457 e. The van der Waals surface area contributed by atoms with E-state index in [1.54, 1.807) is 12.1 Å². The Bertz CT molecular complexity index is 1240.